The van der Waals surface area contributed by atoms with E-state index in [-0.39, 0.29) is 5.75 Å². The molecule has 1 N–H and O–H groups in total. The second-order valence-corrected chi connectivity index (χ2v) is 6.70. The van der Waals surface area contributed by atoms with Gasteiger partial charge in [-0.3, -0.25) is 0 Å². The van der Waals surface area contributed by atoms with Crippen molar-refractivity contribution in [1.29, 1.82) is 0 Å². The highest BCUT2D eigenvalue weighted by atomic mass is 32.2. The number of nitrogens with one attached hydrogen (secondary N) is 1. The van der Waals surface area contributed by atoms with Gasteiger partial charge in [0.1, 0.15) is 0 Å². The molecule has 0 saturated carbocycles. The Hall–Kier alpha value is -1.07. The van der Waals surface area contributed by atoms with Gasteiger partial charge in [0.15, 0.2) is 9.84 Å². The van der Waals surface area contributed by atoms with Gasteiger partial charge in [0.05, 0.1) is 10.6 Å². The Kier molecular flexibility index (Phi) is 6.31. The summed E-state index contributed by atoms with van der Waals surface area (Å²) < 4.78 is 23.8. The highest BCUT2D eigenvalue weighted by Gasteiger charge is 2.12. The molecule has 0 spiro atoms. The summed E-state index contributed by atoms with van der Waals surface area (Å²) in [6.45, 7) is 6.73. The molecular weight excluding hydrogens is 260 g/mol. The van der Waals surface area contributed by atoms with E-state index in [0.29, 0.717) is 11.3 Å². The van der Waals surface area contributed by atoms with E-state index in [1.807, 2.05) is 26.1 Å². The van der Waals surface area contributed by atoms with E-state index in [1.54, 1.807) is 12.1 Å². The molecule has 19 heavy (non-hydrogen) atoms. The number of hydrogen-bond acceptors (Lipinski definition) is 4. The molecule has 108 valence electrons. The lowest BCUT2D eigenvalue weighted by Crippen LogP contribution is -2.28. The van der Waals surface area contributed by atoms with Gasteiger partial charge in [0.2, 0.25) is 0 Å². The molecule has 0 radical (unpaired) electrons. The van der Waals surface area contributed by atoms with Crippen LogP contribution in [0.5, 0.6) is 0 Å². The van der Waals surface area contributed by atoms with Gasteiger partial charge in [0.25, 0.3) is 0 Å². The summed E-state index contributed by atoms with van der Waals surface area (Å²) in [4.78, 5) is 2.52. The Bertz CT molecular complexity index is 469. The van der Waals surface area contributed by atoms with Gasteiger partial charge in [-0.05, 0) is 37.2 Å². The lowest BCUT2D eigenvalue weighted by molar-refractivity contribution is 0.594. The van der Waals surface area contributed by atoms with Gasteiger partial charge in [-0.2, -0.15) is 0 Å². The SMILES string of the molecule is CCCS(=O)(=O)c1ccc(N(C)CCNCC)cc1. The van der Waals surface area contributed by atoms with Gasteiger partial charge in [-0.25, -0.2) is 8.42 Å². The van der Waals surface area contributed by atoms with Crippen LogP contribution in [0, 0.1) is 0 Å². The molecule has 0 saturated heterocycles. The summed E-state index contributed by atoms with van der Waals surface area (Å²) in [5.41, 5.74) is 1.04. The minimum atomic E-state index is -3.10. The fraction of sp³-hybridized carbons (Fsp3) is 0.571. The van der Waals surface area contributed by atoms with E-state index in [2.05, 4.69) is 17.1 Å². The van der Waals surface area contributed by atoms with Crippen molar-refractivity contribution >= 4 is 15.5 Å². The first-order valence-electron chi connectivity index (χ1n) is 6.76. The molecule has 1 rings (SSSR count). The van der Waals surface area contributed by atoms with Crippen LogP contribution < -0.4 is 10.2 Å². The molecule has 5 heteroatoms. The van der Waals surface area contributed by atoms with Gasteiger partial charge in [-0.1, -0.05) is 13.8 Å². The van der Waals surface area contributed by atoms with Crippen molar-refractivity contribution < 1.29 is 8.42 Å². The maximum Gasteiger partial charge on any atom is 0.178 e. The number of benzene rings is 1. The summed E-state index contributed by atoms with van der Waals surface area (Å²) in [5, 5.41) is 3.26. The molecule has 1 aromatic carbocycles. The Labute approximate surface area is 116 Å². The maximum atomic E-state index is 11.9. The van der Waals surface area contributed by atoms with Crippen molar-refractivity contribution in [2.75, 3.05) is 37.3 Å². The third-order valence-corrected chi connectivity index (χ3v) is 4.92. The Morgan fingerprint density at radius 3 is 2.32 bits per heavy atom. The Balaban J connectivity index is 2.71. The van der Waals surface area contributed by atoms with Gasteiger partial charge in [-0.15, -0.1) is 0 Å². The van der Waals surface area contributed by atoms with Crippen molar-refractivity contribution in [2.45, 2.75) is 25.2 Å². The summed E-state index contributed by atoms with van der Waals surface area (Å²) >= 11 is 0. The van der Waals surface area contributed by atoms with E-state index in [9.17, 15) is 8.42 Å². The van der Waals surface area contributed by atoms with Crippen LogP contribution in [0.15, 0.2) is 29.2 Å². The topological polar surface area (TPSA) is 49.4 Å². The van der Waals surface area contributed by atoms with E-state index < -0.39 is 9.84 Å². The van der Waals surface area contributed by atoms with Gasteiger partial charge in [0, 0.05) is 25.8 Å². The largest absolute Gasteiger partial charge is 0.373 e. The fourth-order valence-corrected chi connectivity index (χ4v) is 3.17. The van der Waals surface area contributed by atoms with Gasteiger partial charge >= 0.3 is 0 Å². The van der Waals surface area contributed by atoms with E-state index >= 15 is 0 Å². The number of likely N-dealkylation sites (N-methyl/N-ethyl adjacent to an activating group) is 2. The molecule has 0 bridgehead atoms. The zero-order valence-corrected chi connectivity index (χ0v) is 12.8. The third kappa shape index (κ3) is 4.84. The molecule has 0 heterocycles. The van der Waals surface area contributed by atoms with Crippen LogP contribution in [0.2, 0.25) is 0 Å². The predicted molar refractivity (Wildman–Crippen MR) is 80.6 cm³/mol. The van der Waals surface area contributed by atoms with Crippen LogP contribution >= 0.6 is 0 Å². The Morgan fingerprint density at radius 1 is 1.16 bits per heavy atom. The fourth-order valence-electron chi connectivity index (χ4n) is 1.85. The first kappa shape index (κ1) is 16.0. The minimum absolute atomic E-state index is 0.211. The number of rotatable bonds is 8. The maximum absolute atomic E-state index is 11.9. The van der Waals surface area contributed by atoms with Crippen LogP contribution in [0.4, 0.5) is 5.69 Å². The zero-order chi connectivity index (χ0) is 14.3. The van der Waals surface area contributed by atoms with Gasteiger partial charge < -0.3 is 10.2 Å². The first-order valence-corrected chi connectivity index (χ1v) is 8.41. The monoisotopic (exact) mass is 284 g/mol. The van der Waals surface area contributed by atoms with Crippen molar-refractivity contribution in [3.63, 3.8) is 0 Å². The average Bonchev–Trinajstić information content (AvgIpc) is 2.39. The Morgan fingerprint density at radius 2 is 1.79 bits per heavy atom. The zero-order valence-electron chi connectivity index (χ0n) is 12.0. The van der Waals surface area contributed by atoms with E-state index in [0.717, 1.165) is 25.3 Å². The molecule has 0 aliphatic heterocycles. The molecule has 1 aromatic rings. The quantitative estimate of drug-likeness (QED) is 0.741. The molecular formula is C14H24N2O2S. The molecule has 0 atom stereocenters. The summed E-state index contributed by atoms with van der Waals surface area (Å²) in [7, 11) is -1.10. The highest BCUT2D eigenvalue weighted by Crippen LogP contribution is 2.18. The van der Waals surface area contributed by atoms with Crippen LogP contribution in [0.1, 0.15) is 20.3 Å². The number of hydrogen-bond donors (Lipinski definition) is 1. The number of anilines is 1. The van der Waals surface area contributed by atoms with Crippen LogP contribution in [-0.4, -0.2) is 40.9 Å². The lowest BCUT2D eigenvalue weighted by atomic mass is 10.3. The molecule has 0 unspecified atom stereocenters. The number of sulfone groups is 1. The normalized spacial score (nSPS) is 11.5. The lowest BCUT2D eigenvalue weighted by Gasteiger charge is -2.19. The molecule has 0 aromatic heterocycles. The second-order valence-electron chi connectivity index (χ2n) is 4.59. The van der Waals surface area contributed by atoms with Crippen LogP contribution in [0.25, 0.3) is 0 Å². The first-order chi connectivity index (χ1) is 9.01. The van der Waals surface area contributed by atoms with Crippen molar-refractivity contribution in [1.82, 2.24) is 5.32 Å². The molecule has 4 nitrogen and oxygen atoms in total. The van der Waals surface area contributed by atoms with E-state index in [4.69, 9.17) is 0 Å². The van der Waals surface area contributed by atoms with Crippen LogP contribution in [-0.2, 0) is 9.84 Å². The van der Waals surface area contributed by atoms with E-state index in [1.165, 1.54) is 0 Å². The predicted octanol–water partition coefficient (Wildman–Crippen LogP) is 1.92. The summed E-state index contributed by atoms with van der Waals surface area (Å²) in [5.74, 6) is 0.211. The molecule has 0 aliphatic carbocycles. The van der Waals surface area contributed by atoms with Crippen molar-refractivity contribution in [3.05, 3.63) is 24.3 Å². The van der Waals surface area contributed by atoms with Crippen LogP contribution in [0.3, 0.4) is 0 Å². The molecule has 0 fully saturated rings. The van der Waals surface area contributed by atoms with Crippen molar-refractivity contribution in [2.24, 2.45) is 0 Å². The summed E-state index contributed by atoms with van der Waals surface area (Å²) in [6, 6.07) is 7.14. The average molecular weight is 284 g/mol. The van der Waals surface area contributed by atoms with Crippen molar-refractivity contribution in [3.8, 4) is 0 Å². The highest BCUT2D eigenvalue weighted by molar-refractivity contribution is 7.91. The molecule has 0 amide bonds. The number of nitrogens with zero attached hydrogens (tertiary/aromatic N) is 1. The smallest absolute Gasteiger partial charge is 0.178 e. The molecule has 0 aliphatic rings. The second kappa shape index (κ2) is 7.50. The standard InChI is InChI=1S/C14H24N2O2S/c1-4-12-19(17,18)14-8-6-13(7-9-14)16(3)11-10-15-5-2/h6-9,15H,4-5,10-12H2,1-3H3. The summed E-state index contributed by atoms with van der Waals surface area (Å²) in [6.07, 6.45) is 0.646. The third-order valence-electron chi connectivity index (χ3n) is 2.98. The minimum Gasteiger partial charge on any atom is -0.373 e.